The highest BCUT2D eigenvalue weighted by molar-refractivity contribution is 14.0. The standard InChI is InChI=1S/C21H26FN3O2.HI/c1-3-23-21(25(2)13-16-7-5-4-6-8-16)24-10-9-17-11-19(22)12-18-14-26-15-27-20(17)18;/h4-8,11-12H,3,9-10,13-15H2,1-2H3,(H,23,24);1H. The van der Waals surface area contributed by atoms with E-state index in [9.17, 15) is 4.39 Å². The Morgan fingerprint density at radius 1 is 1.25 bits per heavy atom. The predicted octanol–water partition coefficient (Wildman–Crippen LogP) is 3.95. The molecule has 0 amide bonds. The molecule has 3 rings (SSSR count). The average molecular weight is 499 g/mol. The van der Waals surface area contributed by atoms with Gasteiger partial charge in [0.15, 0.2) is 12.8 Å². The molecule has 0 atom stereocenters. The van der Waals surface area contributed by atoms with Crippen molar-refractivity contribution in [3.8, 4) is 5.75 Å². The first-order chi connectivity index (χ1) is 13.2. The zero-order chi connectivity index (χ0) is 19.1. The summed E-state index contributed by atoms with van der Waals surface area (Å²) < 4.78 is 24.7. The van der Waals surface area contributed by atoms with Crippen molar-refractivity contribution in [1.29, 1.82) is 0 Å². The van der Waals surface area contributed by atoms with Crippen molar-refractivity contribution in [2.75, 3.05) is 26.9 Å². The molecule has 7 heteroatoms. The first-order valence-corrected chi connectivity index (χ1v) is 9.22. The van der Waals surface area contributed by atoms with Crippen LogP contribution in [0.15, 0.2) is 47.5 Å². The molecular formula is C21H27FIN3O2. The van der Waals surface area contributed by atoms with E-state index in [1.807, 2.05) is 32.2 Å². The van der Waals surface area contributed by atoms with Gasteiger partial charge in [0, 0.05) is 32.2 Å². The number of fused-ring (bicyclic) bond motifs is 1. The van der Waals surface area contributed by atoms with Crippen LogP contribution in [-0.2, 0) is 24.3 Å². The fourth-order valence-electron chi connectivity index (χ4n) is 3.13. The summed E-state index contributed by atoms with van der Waals surface area (Å²) in [6.45, 7) is 4.73. The second-order valence-corrected chi connectivity index (χ2v) is 6.49. The molecule has 0 saturated heterocycles. The number of ether oxygens (including phenoxy) is 2. The summed E-state index contributed by atoms with van der Waals surface area (Å²) in [4.78, 5) is 6.79. The molecule has 0 unspecified atom stereocenters. The van der Waals surface area contributed by atoms with Crippen LogP contribution >= 0.6 is 24.0 Å². The molecule has 0 bridgehead atoms. The molecule has 152 valence electrons. The Labute approximate surface area is 183 Å². The number of hydrogen-bond donors (Lipinski definition) is 1. The number of guanidine groups is 1. The number of benzene rings is 2. The van der Waals surface area contributed by atoms with Gasteiger partial charge in [-0.2, -0.15) is 0 Å². The van der Waals surface area contributed by atoms with Crippen molar-refractivity contribution < 1.29 is 13.9 Å². The monoisotopic (exact) mass is 499 g/mol. The van der Waals surface area contributed by atoms with E-state index in [4.69, 9.17) is 14.5 Å². The summed E-state index contributed by atoms with van der Waals surface area (Å²) in [6.07, 6.45) is 0.605. The summed E-state index contributed by atoms with van der Waals surface area (Å²) in [7, 11) is 2.01. The minimum absolute atomic E-state index is 0. The van der Waals surface area contributed by atoms with E-state index in [-0.39, 0.29) is 36.6 Å². The zero-order valence-corrected chi connectivity index (χ0v) is 18.6. The van der Waals surface area contributed by atoms with Gasteiger partial charge in [-0.1, -0.05) is 30.3 Å². The molecule has 1 aliphatic heterocycles. The lowest BCUT2D eigenvalue weighted by Crippen LogP contribution is -2.38. The Morgan fingerprint density at radius 3 is 2.79 bits per heavy atom. The summed E-state index contributed by atoms with van der Waals surface area (Å²) >= 11 is 0. The highest BCUT2D eigenvalue weighted by Gasteiger charge is 2.16. The van der Waals surface area contributed by atoms with E-state index in [0.717, 1.165) is 35.9 Å². The molecule has 5 nitrogen and oxygen atoms in total. The molecule has 1 aliphatic rings. The third-order valence-corrected chi connectivity index (χ3v) is 4.35. The van der Waals surface area contributed by atoms with E-state index in [1.54, 1.807) is 0 Å². The number of halogens is 2. The molecule has 0 saturated carbocycles. The molecule has 0 aromatic heterocycles. The van der Waals surface area contributed by atoms with E-state index in [2.05, 4.69) is 22.3 Å². The first kappa shape index (κ1) is 22.4. The largest absolute Gasteiger partial charge is 0.467 e. The molecule has 2 aromatic carbocycles. The Morgan fingerprint density at radius 2 is 2.04 bits per heavy atom. The molecule has 28 heavy (non-hydrogen) atoms. The summed E-state index contributed by atoms with van der Waals surface area (Å²) in [5.41, 5.74) is 2.81. The van der Waals surface area contributed by atoms with Gasteiger partial charge in [0.05, 0.1) is 6.61 Å². The molecule has 2 aromatic rings. The Balaban J connectivity index is 0.00000280. The molecule has 0 fully saturated rings. The van der Waals surface area contributed by atoms with Gasteiger partial charge in [-0.25, -0.2) is 4.39 Å². The Kier molecular flexibility index (Phi) is 8.98. The van der Waals surface area contributed by atoms with Crippen molar-refractivity contribution in [1.82, 2.24) is 10.2 Å². The number of rotatable bonds is 6. The molecule has 0 radical (unpaired) electrons. The maximum Gasteiger partial charge on any atom is 0.193 e. The number of hydrogen-bond acceptors (Lipinski definition) is 3. The number of nitrogens with zero attached hydrogens (tertiary/aromatic N) is 2. The second kappa shape index (κ2) is 11.2. The van der Waals surface area contributed by atoms with Crippen LogP contribution in [-0.4, -0.2) is 37.8 Å². The van der Waals surface area contributed by atoms with Crippen molar-refractivity contribution in [3.63, 3.8) is 0 Å². The van der Waals surface area contributed by atoms with Crippen LogP contribution in [0.2, 0.25) is 0 Å². The SMILES string of the molecule is CCNC(=NCCc1cc(F)cc2c1OCOC2)N(C)Cc1ccccc1.I. The highest BCUT2D eigenvalue weighted by atomic mass is 127. The van der Waals surface area contributed by atoms with Crippen LogP contribution in [0.5, 0.6) is 5.75 Å². The molecule has 1 N–H and O–H groups in total. The zero-order valence-electron chi connectivity index (χ0n) is 16.3. The molecular weight excluding hydrogens is 472 g/mol. The predicted molar refractivity (Wildman–Crippen MR) is 120 cm³/mol. The van der Waals surface area contributed by atoms with Crippen LogP contribution in [0, 0.1) is 5.82 Å². The smallest absolute Gasteiger partial charge is 0.193 e. The van der Waals surface area contributed by atoms with Gasteiger partial charge in [0.2, 0.25) is 0 Å². The van der Waals surface area contributed by atoms with Crippen molar-refractivity contribution >= 4 is 29.9 Å². The van der Waals surface area contributed by atoms with Gasteiger partial charge in [-0.05, 0) is 36.6 Å². The summed E-state index contributed by atoms with van der Waals surface area (Å²) in [6, 6.07) is 13.3. The van der Waals surface area contributed by atoms with Crippen LogP contribution in [0.3, 0.4) is 0 Å². The normalized spacial score (nSPS) is 13.2. The summed E-state index contributed by atoms with van der Waals surface area (Å²) in [5.74, 6) is 1.30. The third kappa shape index (κ3) is 6.07. The van der Waals surface area contributed by atoms with Crippen LogP contribution in [0.25, 0.3) is 0 Å². The first-order valence-electron chi connectivity index (χ1n) is 9.22. The maximum atomic E-state index is 13.9. The van der Waals surface area contributed by atoms with Crippen LogP contribution < -0.4 is 10.1 Å². The molecule has 1 heterocycles. The van der Waals surface area contributed by atoms with E-state index < -0.39 is 0 Å². The second-order valence-electron chi connectivity index (χ2n) is 6.49. The molecule has 0 spiro atoms. The Bertz CT molecular complexity index is 787. The third-order valence-electron chi connectivity index (χ3n) is 4.35. The lowest BCUT2D eigenvalue weighted by atomic mass is 10.1. The van der Waals surface area contributed by atoms with Crippen molar-refractivity contribution in [2.24, 2.45) is 4.99 Å². The van der Waals surface area contributed by atoms with Gasteiger partial charge >= 0.3 is 0 Å². The van der Waals surface area contributed by atoms with E-state index in [0.29, 0.717) is 19.6 Å². The molecule has 0 aliphatic carbocycles. The van der Waals surface area contributed by atoms with Crippen molar-refractivity contribution in [3.05, 3.63) is 65.0 Å². The fourth-order valence-corrected chi connectivity index (χ4v) is 3.13. The summed E-state index contributed by atoms with van der Waals surface area (Å²) in [5, 5.41) is 3.31. The quantitative estimate of drug-likeness (QED) is 0.372. The Hall–Kier alpha value is -1.87. The number of aliphatic imine (C=N–C) groups is 1. The minimum atomic E-state index is -0.269. The van der Waals surface area contributed by atoms with E-state index >= 15 is 0 Å². The topological polar surface area (TPSA) is 46.1 Å². The van der Waals surface area contributed by atoms with Gasteiger partial charge in [0.25, 0.3) is 0 Å². The van der Waals surface area contributed by atoms with Crippen LogP contribution in [0.1, 0.15) is 23.6 Å². The lowest BCUT2D eigenvalue weighted by Gasteiger charge is -2.23. The van der Waals surface area contributed by atoms with Gasteiger partial charge in [-0.15, -0.1) is 24.0 Å². The van der Waals surface area contributed by atoms with Gasteiger partial charge in [0.1, 0.15) is 11.6 Å². The van der Waals surface area contributed by atoms with Crippen LogP contribution in [0.4, 0.5) is 4.39 Å². The van der Waals surface area contributed by atoms with Gasteiger partial charge in [-0.3, -0.25) is 4.99 Å². The fraction of sp³-hybridized carbons (Fsp3) is 0.381. The number of nitrogens with one attached hydrogen (secondary N) is 1. The van der Waals surface area contributed by atoms with Crippen molar-refractivity contribution in [2.45, 2.75) is 26.5 Å². The van der Waals surface area contributed by atoms with Gasteiger partial charge < -0.3 is 19.7 Å². The lowest BCUT2D eigenvalue weighted by molar-refractivity contribution is -0.0172. The highest BCUT2D eigenvalue weighted by Crippen LogP contribution is 2.29. The maximum absolute atomic E-state index is 13.9. The average Bonchev–Trinajstić information content (AvgIpc) is 2.68. The minimum Gasteiger partial charge on any atom is -0.467 e. The van der Waals surface area contributed by atoms with E-state index in [1.165, 1.54) is 17.7 Å².